The van der Waals surface area contributed by atoms with Crippen LogP contribution in [-0.4, -0.2) is 312 Å². The molecule has 86 heavy (non-hydrogen) atoms. The molecule has 0 aromatic heterocycles. The summed E-state index contributed by atoms with van der Waals surface area (Å²) in [5, 5.41) is 181. The van der Waals surface area contributed by atoms with Gasteiger partial charge < -0.3 is 148 Å². The van der Waals surface area contributed by atoms with E-state index in [9.17, 15) is 81.7 Å². The first kappa shape index (κ1) is 67.9. The Balaban J connectivity index is 1.05. The molecule has 23 saturated heterocycles. The first-order valence-corrected chi connectivity index (χ1v) is 29.0. The summed E-state index contributed by atoms with van der Waals surface area (Å²) in [5.74, 6) is 0. The molecule has 31 unspecified atom stereocenters. The monoisotopic (exact) mass is 1240 g/mol. The average molecular weight is 1240 g/mol. The SMILES string of the molecule is CC(=CC1OCC2OC3OC4C(CO1)OC(OC1C(CO)OC(OC5C(CO)OC(OC6C(CO)OC(OC7C(CO)OC(OC2C(O)C3O)C(O)C7O)C(O)C6O)C(O)C5O)C(O)C1O)C(O)C4O)/C=C/C=C(C)/C=C/C1=C(C)CCCC1(C)C. The van der Waals surface area contributed by atoms with E-state index in [2.05, 4.69) is 26.8 Å². The lowest BCUT2D eigenvalue weighted by Gasteiger charge is -2.50. The normalized spacial score (nSPS) is 49.4. The summed E-state index contributed by atoms with van der Waals surface area (Å²) in [7, 11) is 0. The van der Waals surface area contributed by atoms with Crippen molar-refractivity contribution in [3.63, 3.8) is 0 Å². The summed E-state index contributed by atoms with van der Waals surface area (Å²) >= 11 is 0. The van der Waals surface area contributed by atoms with Crippen LogP contribution in [0.4, 0.5) is 0 Å². The highest BCUT2D eigenvalue weighted by Gasteiger charge is 2.59. The fraction of sp³-hybridized carbons (Fsp3) is 0.821. The van der Waals surface area contributed by atoms with Crippen molar-refractivity contribution >= 4 is 0 Å². The Morgan fingerprint density at radius 3 is 1.09 bits per heavy atom. The van der Waals surface area contributed by atoms with Crippen molar-refractivity contribution in [3.8, 4) is 0 Å². The molecule has 1 aliphatic carbocycles. The Labute approximate surface area is 495 Å². The van der Waals surface area contributed by atoms with E-state index < -0.39 is 230 Å². The van der Waals surface area contributed by atoms with Gasteiger partial charge in [0, 0.05) is 0 Å². The van der Waals surface area contributed by atoms with Crippen LogP contribution in [0.15, 0.2) is 58.7 Å². The van der Waals surface area contributed by atoms with Gasteiger partial charge in [0.15, 0.2) is 44.0 Å². The predicted octanol–water partition coefficient (Wildman–Crippen LogP) is -6.13. The quantitative estimate of drug-likeness (QED) is 0.0955. The molecule has 0 saturated carbocycles. The molecule has 0 amide bonds. The number of allylic oxidation sites excluding steroid dienone is 9. The van der Waals surface area contributed by atoms with Crippen LogP contribution < -0.4 is 0 Å². The van der Waals surface area contributed by atoms with Gasteiger partial charge in [0.2, 0.25) is 0 Å². The lowest BCUT2D eigenvalue weighted by molar-refractivity contribution is -0.403. The summed E-state index contributed by atoms with van der Waals surface area (Å²) in [4.78, 5) is 0. The molecular formula is C56H86O30. The molecule has 0 aromatic carbocycles. The zero-order chi connectivity index (χ0) is 62.2. The number of hydrogen-bond acceptors (Lipinski definition) is 30. The number of aliphatic hydroxyl groups is 16. The lowest BCUT2D eigenvalue weighted by Crippen LogP contribution is -2.69. The van der Waals surface area contributed by atoms with E-state index in [-0.39, 0.29) is 5.41 Å². The fourth-order valence-corrected chi connectivity index (χ4v) is 12.3. The summed E-state index contributed by atoms with van der Waals surface area (Å²) in [6, 6.07) is 0. The van der Waals surface area contributed by atoms with Crippen molar-refractivity contribution in [1.82, 2.24) is 0 Å². The summed E-state index contributed by atoms with van der Waals surface area (Å²) < 4.78 is 83.8. The Kier molecular flexibility index (Phi) is 22.9. The third kappa shape index (κ3) is 14.4. The number of aliphatic hydroxyl groups excluding tert-OH is 16. The highest BCUT2D eigenvalue weighted by molar-refractivity contribution is 5.37. The fourth-order valence-electron chi connectivity index (χ4n) is 12.3. The van der Waals surface area contributed by atoms with Crippen LogP contribution >= 0.6 is 0 Å². The average Bonchev–Trinajstić information content (AvgIpc) is 1.47. The van der Waals surface area contributed by atoms with E-state index in [4.69, 9.17) is 66.3 Å². The standard InChI is InChI=1S/C56H86O30/c1-21(11-12-24-23(3)10-7-13-56(24,4)5)8-6-9-22(2)14-31-73-19-29-48-37(66)43(72)55(80-29)86-49-30(20-74-31)79-54(42(71)36(49)65)84-47-28(18-60)77-52(40(69)34(47)63)82-45-26(16-58)75-50(38(67)32(45)61)81-44-25(15-57)76-51(39(68)33(44)62)83-46-27(17-59)78-53(85-48)41(70)35(46)64/h6,8-9,11-12,14,25-55,57-72H,7,10,13,15-20H2,1-5H3/b9-6+,12-11+,21-8+,22-14?. The van der Waals surface area contributed by atoms with Crippen LogP contribution in [0.3, 0.4) is 0 Å². The minimum absolute atomic E-state index is 0.0370. The second-order valence-electron chi connectivity index (χ2n) is 24.0. The van der Waals surface area contributed by atoms with Gasteiger partial charge in [0.05, 0.1) is 39.6 Å². The number of rotatable bonds is 9. The van der Waals surface area contributed by atoms with Crippen molar-refractivity contribution in [1.29, 1.82) is 0 Å². The highest BCUT2D eigenvalue weighted by Crippen LogP contribution is 2.42. The first-order valence-electron chi connectivity index (χ1n) is 29.0. The van der Waals surface area contributed by atoms with Crippen molar-refractivity contribution in [2.45, 2.75) is 244 Å². The van der Waals surface area contributed by atoms with Crippen molar-refractivity contribution < 1.29 is 148 Å². The zero-order valence-corrected chi connectivity index (χ0v) is 48.1. The topological polar surface area (TPSA) is 453 Å². The Morgan fingerprint density at radius 1 is 0.430 bits per heavy atom. The van der Waals surface area contributed by atoms with Gasteiger partial charge >= 0.3 is 0 Å². The molecule has 30 heteroatoms. The molecule has 0 aromatic rings. The maximum Gasteiger partial charge on any atom is 0.187 e. The van der Waals surface area contributed by atoms with E-state index in [0.29, 0.717) is 5.57 Å². The van der Waals surface area contributed by atoms with E-state index in [0.717, 1.165) is 24.8 Å². The predicted molar refractivity (Wildman–Crippen MR) is 283 cm³/mol. The smallest absolute Gasteiger partial charge is 0.187 e. The summed E-state index contributed by atoms with van der Waals surface area (Å²) in [6.07, 6.45) is -44.6. The molecule has 24 rings (SSSR count). The highest BCUT2D eigenvalue weighted by atomic mass is 16.8. The maximum absolute atomic E-state index is 11.9. The van der Waals surface area contributed by atoms with E-state index in [1.807, 2.05) is 25.2 Å². The molecule has 0 spiro atoms. The molecule has 24 aliphatic rings. The number of hydrogen-bond donors (Lipinski definition) is 16. The largest absolute Gasteiger partial charge is 0.394 e. The van der Waals surface area contributed by atoms with Gasteiger partial charge in [-0.05, 0) is 57.1 Å². The zero-order valence-electron chi connectivity index (χ0n) is 48.1. The van der Waals surface area contributed by atoms with Crippen molar-refractivity contribution in [3.05, 3.63) is 58.7 Å². The Hall–Kier alpha value is -2.50. The molecule has 23 fully saturated rings. The van der Waals surface area contributed by atoms with Gasteiger partial charge in [0.1, 0.15) is 146 Å². The van der Waals surface area contributed by atoms with Crippen LogP contribution in [0.5, 0.6) is 0 Å². The van der Waals surface area contributed by atoms with Crippen LogP contribution in [0, 0.1) is 5.41 Å². The molecule has 23 heterocycles. The minimum atomic E-state index is -2.15. The van der Waals surface area contributed by atoms with E-state index in [1.165, 1.54) is 11.1 Å². The van der Waals surface area contributed by atoms with Crippen LogP contribution in [-0.2, 0) is 66.3 Å². The van der Waals surface area contributed by atoms with Crippen molar-refractivity contribution in [2.24, 2.45) is 5.41 Å². The van der Waals surface area contributed by atoms with Gasteiger partial charge in [-0.2, -0.15) is 0 Å². The van der Waals surface area contributed by atoms with Crippen molar-refractivity contribution in [2.75, 3.05) is 39.6 Å². The van der Waals surface area contributed by atoms with Gasteiger partial charge in [-0.3, -0.25) is 0 Å². The van der Waals surface area contributed by atoms with E-state index >= 15 is 0 Å². The molecule has 490 valence electrons. The molecule has 31 atom stereocenters. The molecule has 23 aliphatic heterocycles. The number of ether oxygens (including phenoxy) is 14. The Morgan fingerprint density at radius 2 is 0.756 bits per heavy atom. The second kappa shape index (κ2) is 29.0. The molecule has 30 nitrogen and oxygen atoms in total. The van der Waals surface area contributed by atoms with Gasteiger partial charge in [-0.25, -0.2) is 0 Å². The van der Waals surface area contributed by atoms with E-state index in [1.54, 1.807) is 19.1 Å². The first-order chi connectivity index (χ1) is 40.9. The minimum Gasteiger partial charge on any atom is -0.394 e. The van der Waals surface area contributed by atoms with Crippen LogP contribution in [0.2, 0.25) is 0 Å². The van der Waals surface area contributed by atoms with Crippen LogP contribution in [0.1, 0.15) is 53.9 Å². The molecule has 16 N–H and O–H groups in total. The van der Waals surface area contributed by atoms with Gasteiger partial charge in [-0.1, -0.05) is 60.9 Å². The molecule has 14 bridgehead atoms. The van der Waals surface area contributed by atoms with Crippen LogP contribution in [0.25, 0.3) is 0 Å². The van der Waals surface area contributed by atoms with Gasteiger partial charge in [0.25, 0.3) is 0 Å². The third-order valence-electron chi connectivity index (χ3n) is 17.3. The summed E-state index contributed by atoms with van der Waals surface area (Å²) in [5.41, 5.74) is 4.21. The molecule has 0 radical (unpaired) electrons. The Bertz CT molecular complexity index is 2360. The second-order valence-corrected chi connectivity index (χ2v) is 24.0. The maximum atomic E-state index is 11.9. The third-order valence-corrected chi connectivity index (χ3v) is 17.3. The lowest BCUT2D eigenvalue weighted by atomic mass is 9.72. The summed E-state index contributed by atoms with van der Waals surface area (Å²) in [6.45, 7) is 5.23. The molecular weight excluding hydrogens is 1150 g/mol. The van der Waals surface area contributed by atoms with Gasteiger partial charge in [-0.15, -0.1) is 0 Å².